The van der Waals surface area contributed by atoms with Gasteiger partial charge >= 0.3 is 0 Å². The highest BCUT2D eigenvalue weighted by molar-refractivity contribution is 7.87. The van der Waals surface area contributed by atoms with E-state index in [1.54, 1.807) is 26.8 Å². The number of anilines is 1. The number of phenols is 1. The summed E-state index contributed by atoms with van der Waals surface area (Å²) in [5.41, 5.74) is 5.89. The van der Waals surface area contributed by atoms with E-state index in [0.717, 1.165) is 0 Å². The van der Waals surface area contributed by atoms with Gasteiger partial charge in [-0.15, -0.1) is 0 Å². The smallest absolute Gasteiger partial charge is 0.277 e. The highest BCUT2D eigenvalue weighted by Gasteiger charge is 2.19. The number of benzene rings is 1. The number of rotatable bonds is 4. The summed E-state index contributed by atoms with van der Waals surface area (Å²) in [4.78, 5) is 0. The highest BCUT2D eigenvalue weighted by Crippen LogP contribution is 2.19. The van der Waals surface area contributed by atoms with Gasteiger partial charge in [-0.1, -0.05) is 0 Å². The predicted molar refractivity (Wildman–Crippen MR) is 71.2 cm³/mol. The quantitative estimate of drug-likeness (QED) is 0.478. The van der Waals surface area contributed by atoms with Gasteiger partial charge in [0.25, 0.3) is 10.2 Å². The largest absolute Gasteiger partial charge is 0.508 e. The Morgan fingerprint density at radius 3 is 2.50 bits per heavy atom. The van der Waals surface area contributed by atoms with Gasteiger partial charge in [-0.3, -0.25) is 0 Å². The Hall–Kier alpha value is -1.31. The van der Waals surface area contributed by atoms with Crippen molar-refractivity contribution in [3.63, 3.8) is 0 Å². The van der Waals surface area contributed by atoms with E-state index in [2.05, 4.69) is 9.44 Å². The molecule has 1 aromatic rings. The zero-order valence-electron chi connectivity index (χ0n) is 10.7. The molecule has 7 heteroatoms. The van der Waals surface area contributed by atoms with Crippen LogP contribution in [-0.4, -0.2) is 19.1 Å². The second-order valence-corrected chi connectivity index (χ2v) is 6.56. The second kappa shape index (κ2) is 5.13. The zero-order valence-corrected chi connectivity index (χ0v) is 11.5. The summed E-state index contributed by atoms with van der Waals surface area (Å²) in [6.45, 7) is 5.20. The topological polar surface area (TPSA) is 104 Å². The molecule has 1 rings (SSSR count). The molecule has 0 saturated carbocycles. The van der Waals surface area contributed by atoms with E-state index in [1.165, 1.54) is 12.1 Å². The number of hydrogen-bond acceptors (Lipinski definition) is 4. The highest BCUT2D eigenvalue weighted by atomic mass is 32.2. The van der Waals surface area contributed by atoms with Gasteiger partial charge < -0.3 is 10.8 Å². The van der Waals surface area contributed by atoms with Crippen molar-refractivity contribution in [2.45, 2.75) is 32.9 Å². The molecule has 0 fully saturated rings. The molecule has 5 N–H and O–H groups in total. The first-order chi connectivity index (χ1) is 8.09. The Morgan fingerprint density at radius 1 is 1.33 bits per heavy atom. The third-order valence-electron chi connectivity index (χ3n) is 2.00. The number of nitrogens with one attached hydrogen (secondary N) is 2. The van der Waals surface area contributed by atoms with Gasteiger partial charge in [0, 0.05) is 23.3 Å². The molecule has 0 aromatic heterocycles. The predicted octanol–water partition coefficient (Wildman–Crippen LogP) is 0.697. The van der Waals surface area contributed by atoms with Gasteiger partial charge in [-0.05, 0) is 39.0 Å². The van der Waals surface area contributed by atoms with Crippen molar-refractivity contribution in [3.05, 3.63) is 23.8 Å². The number of aromatic hydroxyl groups is 1. The third kappa shape index (κ3) is 4.91. The van der Waals surface area contributed by atoms with Crippen LogP contribution in [0.5, 0.6) is 5.75 Å². The Bertz CT molecular complexity index is 521. The van der Waals surface area contributed by atoms with Crippen LogP contribution < -0.4 is 15.2 Å². The van der Waals surface area contributed by atoms with Gasteiger partial charge in [0.1, 0.15) is 5.75 Å². The molecule has 0 bridgehead atoms. The monoisotopic (exact) mass is 273 g/mol. The summed E-state index contributed by atoms with van der Waals surface area (Å²) < 4.78 is 28.2. The summed E-state index contributed by atoms with van der Waals surface area (Å²) in [5, 5.41) is 9.55. The molecule has 18 heavy (non-hydrogen) atoms. The lowest BCUT2D eigenvalue weighted by molar-refractivity contribution is 0.465. The number of hydrogen-bond donors (Lipinski definition) is 4. The molecule has 1 aromatic carbocycles. The Balaban J connectivity index is 2.73. The molecule has 0 radical (unpaired) electrons. The fourth-order valence-electron chi connectivity index (χ4n) is 1.36. The first-order valence-corrected chi connectivity index (χ1v) is 6.93. The van der Waals surface area contributed by atoms with Crippen LogP contribution in [-0.2, 0) is 16.8 Å². The van der Waals surface area contributed by atoms with E-state index in [9.17, 15) is 13.5 Å². The summed E-state index contributed by atoms with van der Waals surface area (Å²) >= 11 is 0. The minimum absolute atomic E-state index is 0.00246. The van der Waals surface area contributed by atoms with Crippen molar-refractivity contribution in [2.75, 3.05) is 5.73 Å². The molecule has 0 amide bonds. The average molecular weight is 273 g/mol. The van der Waals surface area contributed by atoms with E-state index in [0.29, 0.717) is 11.3 Å². The molecular formula is C11H19N3O3S. The fourth-order valence-corrected chi connectivity index (χ4v) is 2.58. The average Bonchev–Trinajstić information content (AvgIpc) is 2.16. The Labute approximate surface area is 107 Å². The summed E-state index contributed by atoms with van der Waals surface area (Å²) in [5.74, 6) is 0.00246. The van der Waals surface area contributed by atoms with Crippen LogP contribution in [0.1, 0.15) is 26.3 Å². The van der Waals surface area contributed by atoms with E-state index < -0.39 is 15.7 Å². The maximum atomic E-state index is 11.7. The molecule has 0 unspecified atom stereocenters. The molecule has 102 valence electrons. The second-order valence-electron chi connectivity index (χ2n) is 5.06. The van der Waals surface area contributed by atoms with Crippen molar-refractivity contribution >= 4 is 15.9 Å². The van der Waals surface area contributed by atoms with Crippen LogP contribution in [0.2, 0.25) is 0 Å². The van der Waals surface area contributed by atoms with Crippen molar-refractivity contribution in [2.24, 2.45) is 0 Å². The van der Waals surface area contributed by atoms with Crippen molar-refractivity contribution < 1.29 is 13.5 Å². The van der Waals surface area contributed by atoms with Crippen LogP contribution in [0.25, 0.3) is 0 Å². The summed E-state index contributed by atoms with van der Waals surface area (Å²) in [6, 6.07) is 4.49. The van der Waals surface area contributed by atoms with Crippen LogP contribution in [0, 0.1) is 0 Å². The molecule has 0 heterocycles. The molecule has 0 aliphatic rings. The SMILES string of the molecule is CC(C)(C)NS(=O)(=O)NCc1cc(N)ccc1O. The molecule has 6 nitrogen and oxygen atoms in total. The van der Waals surface area contributed by atoms with Crippen LogP contribution in [0.15, 0.2) is 18.2 Å². The Morgan fingerprint density at radius 2 is 1.94 bits per heavy atom. The van der Waals surface area contributed by atoms with Gasteiger partial charge in [0.2, 0.25) is 0 Å². The molecule has 0 spiro atoms. The van der Waals surface area contributed by atoms with Gasteiger partial charge in [-0.2, -0.15) is 17.9 Å². The minimum atomic E-state index is -3.62. The van der Waals surface area contributed by atoms with E-state index in [4.69, 9.17) is 5.73 Å². The van der Waals surface area contributed by atoms with Gasteiger partial charge in [0.05, 0.1) is 0 Å². The van der Waals surface area contributed by atoms with Crippen molar-refractivity contribution in [1.82, 2.24) is 9.44 Å². The number of nitrogen functional groups attached to an aromatic ring is 1. The fraction of sp³-hybridized carbons (Fsp3) is 0.455. The summed E-state index contributed by atoms with van der Waals surface area (Å²) in [6.07, 6.45) is 0. The van der Waals surface area contributed by atoms with Crippen LogP contribution in [0.3, 0.4) is 0 Å². The first kappa shape index (κ1) is 14.7. The van der Waals surface area contributed by atoms with E-state index in [-0.39, 0.29) is 12.3 Å². The van der Waals surface area contributed by atoms with Gasteiger partial charge in [-0.25, -0.2) is 0 Å². The lowest BCUT2D eigenvalue weighted by atomic mass is 10.1. The number of phenolic OH excluding ortho intramolecular Hbond substituents is 1. The normalized spacial score (nSPS) is 12.6. The standard InChI is InChI=1S/C11H19N3O3S/c1-11(2,3)14-18(16,17)13-7-8-6-9(12)4-5-10(8)15/h4-6,13-15H,7,12H2,1-3H3. The Kier molecular flexibility index (Phi) is 4.20. The molecular weight excluding hydrogens is 254 g/mol. The van der Waals surface area contributed by atoms with E-state index in [1.807, 2.05) is 0 Å². The van der Waals surface area contributed by atoms with Crippen molar-refractivity contribution in [3.8, 4) is 5.75 Å². The lowest BCUT2D eigenvalue weighted by Crippen LogP contribution is -2.46. The van der Waals surface area contributed by atoms with Crippen LogP contribution >= 0.6 is 0 Å². The molecule has 0 saturated heterocycles. The maximum Gasteiger partial charge on any atom is 0.277 e. The summed E-state index contributed by atoms with van der Waals surface area (Å²) in [7, 11) is -3.62. The zero-order chi connectivity index (χ0) is 14.0. The third-order valence-corrected chi connectivity index (χ3v) is 3.40. The maximum absolute atomic E-state index is 11.7. The first-order valence-electron chi connectivity index (χ1n) is 5.45. The van der Waals surface area contributed by atoms with E-state index >= 15 is 0 Å². The van der Waals surface area contributed by atoms with Gasteiger partial charge in [0.15, 0.2) is 0 Å². The molecule has 0 atom stereocenters. The minimum Gasteiger partial charge on any atom is -0.508 e. The molecule has 0 aliphatic carbocycles. The lowest BCUT2D eigenvalue weighted by Gasteiger charge is -2.20. The van der Waals surface area contributed by atoms with Crippen LogP contribution in [0.4, 0.5) is 5.69 Å². The van der Waals surface area contributed by atoms with Crippen molar-refractivity contribution in [1.29, 1.82) is 0 Å². The molecule has 0 aliphatic heterocycles. The number of nitrogens with two attached hydrogens (primary N) is 1.